The normalized spacial score (nSPS) is 10.9. The van der Waals surface area contributed by atoms with E-state index >= 15 is 0 Å². The number of H-pyrrole nitrogens is 1. The van der Waals surface area contributed by atoms with Gasteiger partial charge < -0.3 is 4.57 Å². The highest BCUT2D eigenvalue weighted by Gasteiger charge is 2.09. The van der Waals surface area contributed by atoms with Gasteiger partial charge in [-0.2, -0.15) is 0 Å². The molecule has 0 saturated carbocycles. The Labute approximate surface area is 72.4 Å². The van der Waals surface area contributed by atoms with Crippen LogP contribution in [0.15, 0.2) is 15.9 Å². The summed E-state index contributed by atoms with van der Waals surface area (Å²) in [6.07, 6.45) is 1.45. The van der Waals surface area contributed by atoms with E-state index in [-0.39, 0.29) is 16.6 Å². The van der Waals surface area contributed by atoms with Crippen molar-refractivity contribution in [1.82, 2.24) is 19.3 Å². The highest BCUT2D eigenvalue weighted by molar-refractivity contribution is 5.72. The molecule has 0 aliphatic carbocycles. The minimum Gasteiger partial charge on any atom is -0.329 e. The smallest absolute Gasteiger partial charge is 0.291 e. The van der Waals surface area contributed by atoms with Crippen LogP contribution in [0.2, 0.25) is 0 Å². The number of hydrogen-bond donors (Lipinski definition) is 1. The van der Waals surface area contributed by atoms with Crippen molar-refractivity contribution in [3.05, 3.63) is 27.0 Å². The van der Waals surface area contributed by atoms with Crippen LogP contribution in [0.3, 0.4) is 0 Å². The maximum absolute atomic E-state index is 11.5. The van der Waals surface area contributed by atoms with Crippen LogP contribution < -0.4 is 11.1 Å². The van der Waals surface area contributed by atoms with Crippen LogP contribution in [-0.2, 0) is 14.1 Å². The third-order valence-corrected chi connectivity index (χ3v) is 1.93. The van der Waals surface area contributed by atoms with Gasteiger partial charge in [0.25, 0.3) is 11.1 Å². The molecule has 2 rings (SSSR count). The van der Waals surface area contributed by atoms with Crippen molar-refractivity contribution in [3.8, 4) is 0 Å². The molecule has 68 valence electrons. The number of hydrogen-bond acceptors (Lipinski definition) is 3. The summed E-state index contributed by atoms with van der Waals surface area (Å²) in [6.45, 7) is 0. The third kappa shape index (κ3) is 0.915. The van der Waals surface area contributed by atoms with Crippen molar-refractivity contribution in [3.63, 3.8) is 0 Å². The zero-order chi connectivity index (χ0) is 9.59. The first kappa shape index (κ1) is 7.78. The van der Waals surface area contributed by atoms with Gasteiger partial charge in [0.15, 0.2) is 5.52 Å². The van der Waals surface area contributed by atoms with Crippen LogP contribution in [0.4, 0.5) is 0 Å². The number of aryl methyl sites for hydroxylation is 2. The largest absolute Gasteiger partial charge is 0.329 e. The molecule has 0 unspecified atom stereocenters. The predicted octanol–water partition coefficient (Wildman–Crippen LogP) is -1.04. The molecule has 0 atom stereocenters. The molecular weight excluding hydrogens is 172 g/mol. The Bertz CT molecular complexity index is 574. The van der Waals surface area contributed by atoms with Gasteiger partial charge in [-0.3, -0.25) is 19.4 Å². The summed E-state index contributed by atoms with van der Waals surface area (Å²) in [5, 5.41) is 2.37. The molecule has 2 aromatic heterocycles. The number of aromatic nitrogens is 4. The second kappa shape index (κ2) is 2.32. The second-order valence-corrected chi connectivity index (χ2v) is 2.86. The quantitative estimate of drug-likeness (QED) is 0.562. The molecule has 1 N–H and O–H groups in total. The van der Waals surface area contributed by atoms with Gasteiger partial charge in [-0.15, -0.1) is 0 Å². The molecule has 6 nitrogen and oxygen atoms in total. The van der Waals surface area contributed by atoms with Crippen LogP contribution >= 0.6 is 0 Å². The van der Waals surface area contributed by atoms with Crippen LogP contribution in [0.1, 0.15) is 0 Å². The van der Waals surface area contributed by atoms with Gasteiger partial charge in [-0.05, 0) is 0 Å². The van der Waals surface area contributed by atoms with Crippen molar-refractivity contribution in [2.45, 2.75) is 0 Å². The minimum absolute atomic E-state index is 0.186. The summed E-state index contributed by atoms with van der Waals surface area (Å²) < 4.78 is 2.68. The van der Waals surface area contributed by atoms with E-state index in [0.717, 1.165) is 4.68 Å². The molecule has 2 heterocycles. The van der Waals surface area contributed by atoms with Gasteiger partial charge in [0.05, 0.1) is 6.33 Å². The second-order valence-electron chi connectivity index (χ2n) is 2.86. The molecule has 0 amide bonds. The van der Waals surface area contributed by atoms with E-state index in [0.29, 0.717) is 5.52 Å². The standard InChI is InChI=1S/C7H8N4O2/c1-10-3-8-4-5(10)7(13)11(2)9-6(4)12/h3H,1-2H3,(H,9,12). The summed E-state index contributed by atoms with van der Waals surface area (Å²) in [6, 6.07) is 0. The van der Waals surface area contributed by atoms with E-state index in [1.54, 1.807) is 7.05 Å². The lowest BCUT2D eigenvalue weighted by Crippen LogP contribution is -2.28. The van der Waals surface area contributed by atoms with E-state index < -0.39 is 0 Å². The van der Waals surface area contributed by atoms with Crippen molar-refractivity contribution < 1.29 is 0 Å². The third-order valence-electron chi connectivity index (χ3n) is 1.93. The van der Waals surface area contributed by atoms with E-state index in [9.17, 15) is 9.59 Å². The maximum atomic E-state index is 11.5. The molecule has 0 aliphatic heterocycles. The minimum atomic E-state index is -0.349. The Morgan fingerprint density at radius 2 is 2.08 bits per heavy atom. The SMILES string of the molecule is Cn1[nH]c(=O)c2ncn(C)c2c1=O. The summed E-state index contributed by atoms with van der Waals surface area (Å²) in [5.74, 6) is 0. The highest BCUT2D eigenvalue weighted by Crippen LogP contribution is 1.98. The average molecular weight is 180 g/mol. The maximum Gasteiger partial charge on any atom is 0.291 e. The molecule has 13 heavy (non-hydrogen) atoms. The number of nitrogens with zero attached hydrogens (tertiary/aromatic N) is 3. The first-order valence-corrected chi connectivity index (χ1v) is 3.71. The summed E-state index contributed by atoms with van der Waals surface area (Å²) in [5.41, 5.74) is -0.0934. The fourth-order valence-electron chi connectivity index (χ4n) is 1.26. The molecule has 2 aromatic rings. The van der Waals surface area contributed by atoms with Crippen LogP contribution in [0, 0.1) is 0 Å². The first-order chi connectivity index (χ1) is 6.11. The number of nitrogens with one attached hydrogen (secondary N) is 1. The van der Waals surface area contributed by atoms with Crippen LogP contribution in [-0.4, -0.2) is 19.3 Å². The van der Waals surface area contributed by atoms with Crippen molar-refractivity contribution in [2.24, 2.45) is 14.1 Å². The van der Waals surface area contributed by atoms with Gasteiger partial charge >= 0.3 is 0 Å². The van der Waals surface area contributed by atoms with E-state index in [1.807, 2.05) is 0 Å². The zero-order valence-corrected chi connectivity index (χ0v) is 7.24. The molecule has 0 saturated heterocycles. The van der Waals surface area contributed by atoms with E-state index in [4.69, 9.17) is 0 Å². The Balaban J connectivity index is 3.19. The monoisotopic (exact) mass is 180 g/mol. The Kier molecular flexibility index (Phi) is 1.39. The van der Waals surface area contributed by atoms with E-state index in [1.165, 1.54) is 17.9 Å². The van der Waals surface area contributed by atoms with Gasteiger partial charge in [0, 0.05) is 14.1 Å². The van der Waals surface area contributed by atoms with Crippen molar-refractivity contribution in [2.75, 3.05) is 0 Å². The number of rotatable bonds is 0. The lowest BCUT2D eigenvalue weighted by atomic mass is 10.4. The molecular formula is C7H8N4O2. The predicted molar refractivity (Wildman–Crippen MR) is 46.6 cm³/mol. The van der Waals surface area contributed by atoms with Gasteiger partial charge in [0.1, 0.15) is 5.52 Å². The highest BCUT2D eigenvalue weighted by atomic mass is 16.2. The van der Waals surface area contributed by atoms with Crippen molar-refractivity contribution >= 4 is 11.0 Å². The molecule has 0 aliphatic rings. The number of aromatic amines is 1. The van der Waals surface area contributed by atoms with Crippen molar-refractivity contribution in [1.29, 1.82) is 0 Å². The summed E-state index contributed by atoms with van der Waals surface area (Å²) >= 11 is 0. The van der Waals surface area contributed by atoms with Gasteiger partial charge in [-0.25, -0.2) is 4.98 Å². The van der Waals surface area contributed by atoms with Crippen LogP contribution in [0.5, 0.6) is 0 Å². The van der Waals surface area contributed by atoms with E-state index in [2.05, 4.69) is 10.1 Å². The summed E-state index contributed by atoms with van der Waals surface area (Å²) in [7, 11) is 3.17. The molecule has 0 fully saturated rings. The lowest BCUT2D eigenvalue weighted by Gasteiger charge is -1.97. The zero-order valence-electron chi connectivity index (χ0n) is 7.24. The molecule has 0 radical (unpaired) electrons. The Morgan fingerprint density at radius 3 is 2.77 bits per heavy atom. The number of fused-ring (bicyclic) bond motifs is 1. The topological polar surface area (TPSA) is 72.7 Å². The number of imidazole rings is 1. The van der Waals surface area contributed by atoms with Crippen LogP contribution in [0.25, 0.3) is 11.0 Å². The Hall–Kier alpha value is -1.85. The Morgan fingerprint density at radius 1 is 1.38 bits per heavy atom. The fourth-order valence-corrected chi connectivity index (χ4v) is 1.26. The first-order valence-electron chi connectivity index (χ1n) is 3.71. The van der Waals surface area contributed by atoms with Gasteiger partial charge in [-0.1, -0.05) is 0 Å². The molecule has 0 aromatic carbocycles. The summed E-state index contributed by atoms with van der Waals surface area (Å²) in [4.78, 5) is 26.6. The molecule has 0 spiro atoms. The van der Waals surface area contributed by atoms with Gasteiger partial charge in [0.2, 0.25) is 0 Å². The fraction of sp³-hybridized carbons (Fsp3) is 0.286. The lowest BCUT2D eigenvalue weighted by molar-refractivity contribution is 0.698. The average Bonchev–Trinajstić information content (AvgIpc) is 2.44. The molecule has 0 bridgehead atoms. The molecule has 6 heteroatoms.